The van der Waals surface area contributed by atoms with E-state index in [1.165, 1.54) is 26.4 Å². The van der Waals surface area contributed by atoms with Gasteiger partial charge < -0.3 is 19.3 Å². The highest BCUT2D eigenvalue weighted by atomic mass is 79.9. The van der Waals surface area contributed by atoms with Crippen LogP contribution in [0.5, 0.6) is 11.5 Å². The van der Waals surface area contributed by atoms with Gasteiger partial charge in [-0.3, -0.25) is 0 Å². The van der Waals surface area contributed by atoms with E-state index in [9.17, 15) is 14.3 Å². The van der Waals surface area contributed by atoms with Gasteiger partial charge in [0, 0.05) is 10.0 Å². The molecule has 0 aliphatic carbocycles. The number of rotatable bonds is 6. The molecule has 0 saturated carbocycles. The van der Waals surface area contributed by atoms with Gasteiger partial charge in [0.25, 0.3) is 0 Å². The summed E-state index contributed by atoms with van der Waals surface area (Å²) >= 11 is 3.19. The number of esters is 1. The molecule has 20 heavy (non-hydrogen) atoms. The highest BCUT2D eigenvalue weighted by Crippen LogP contribution is 2.37. The molecule has 0 aromatic heterocycles. The van der Waals surface area contributed by atoms with Crippen LogP contribution in [0.2, 0.25) is 0 Å². The van der Waals surface area contributed by atoms with Gasteiger partial charge in [0.05, 0.1) is 20.8 Å². The Morgan fingerprint density at radius 2 is 1.90 bits per heavy atom. The van der Waals surface area contributed by atoms with Crippen molar-refractivity contribution in [2.45, 2.75) is 19.2 Å². The molecule has 0 heterocycles. The highest BCUT2D eigenvalue weighted by Gasteiger charge is 2.31. The van der Waals surface area contributed by atoms with Gasteiger partial charge >= 0.3 is 5.97 Å². The van der Waals surface area contributed by atoms with Crippen molar-refractivity contribution in [2.75, 3.05) is 20.8 Å². The Morgan fingerprint density at radius 3 is 2.40 bits per heavy atom. The number of carbonyl (C=O) groups excluding carboxylic acids is 1. The second kappa shape index (κ2) is 7.44. The summed E-state index contributed by atoms with van der Waals surface area (Å²) in [6, 6.07) is 2.93. The summed E-state index contributed by atoms with van der Waals surface area (Å²) in [6.07, 6.45) is -3.84. The number of ether oxygens (including phenoxy) is 3. The zero-order valence-corrected chi connectivity index (χ0v) is 12.9. The Hall–Kier alpha value is -1.34. The molecule has 2 unspecified atom stereocenters. The highest BCUT2D eigenvalue weighted by molar-refractivity contribution is 9.10. The van der Waals surface area contributed by atoms with Crippen molar-refractivity contribution in [1.82, 2.24) is 0 Å². The van der Waals surface area contributed by atoms with E-state index < -0.39 is 18.2 Å². The maximum absolute atomic E-state index is 13.8. The molecule has 0 spiro atoms. The van der Waals surface area contributed by atoms with Gasteiger partial charge in [0.1, 0.15) is 6.10 Å². The first kappa shape index (κ1) is 16.7. The first-order chi connectivity index (χ1) is 9.46. The topological polar surface area (TPSA) is 65.0 Å². The van der Waals surface area contributed by atoms with Crippen molar-refractivity contribution >= 4 is 21.9 Å². The first-order valence-electron chi connectivity index (χ1n) is 5.86. The average molecular weight is 351 g/mol. The first-order valence-corrected chi connectivity index (χ1v) is 6.65. The predicted octanol–water partition coefficient (Wildman–Crippen LogP) is 2.40. The van der Waals surface area contributed by atoms with E-state index in [1.807, 2.05) is 0 Å². The summed E-state index contributed by atoms with van der Waals surface area (Å²) < 4.78 is 28.9. The standard InChI is InChI=1S/C13H16BrFO5/c1-4-20-13(17)11(15)12(16)7-5-9(18-2)10(19-3)6-8(7)14/h5-6,11-12,16H,4H2,1-3H3. The zero-order valence-electron chi connectivity index (χ0n) is 11.4. The van der Waals surface area contributed by atoms with Crippen molar-refractivity contribution in [3.05, 3.63) is 22.2 Å². The monoisotopic (exact) mass is 350 g/mol. The Kier molecular flexibility index (Phi) is 6.22. The molecular weight excluding hydrogens is 335 g/mol. The Morgan fingerprint density at radius 1 is 1.35 bits per heavy atom. The molecule has 0 amide bonds. The van der Waals surface area contributed by atoms with E-state index in [1.54, 1.807) is 6.92 Å². The lowest BCUT2D eigenvalue weighted by atomic mass is 10.0. The minimum atomic E-state index is -2.18. The minimum Gasteiger partial charge on any atom is -0.493 e. The Labute approximate surface area is 124 Å². The third-order valence-electron chi connectivity index (χ3n) is 2.61. The lowest BCUT2D eigenvalue weighted by molar-refractivity contribution is -0.153. The maximum Gasteiger partial charge on any atom is 0.343 e. The van der Waals surface area contributed by atoms with Crippen LogP contribution in [0.25, 0.3) is 0 Å². The van der Waals surface area contributed by atoms with Crippen molar-refractivity contribution in [2.24, 2.45) is 0 Å². The largest absolute Gasteiger partial charge is 0.493 e. The van der Waals surface area contributed by atoms with Crippen LogP contribution in [0.3, 0.4) is 0 Å². The molecule has 0 aliphatic heterocycles. The van der Waals surface area contributed by atoms with Gasteiger partial charge in [0.2, 0.25) is 6.17 Å². The molecule has 1 aromatic rings. The molecule has 0 fully saturated rings. The van der Waals surface area contributed by atoms with Gasteiger partial charge in [-0.25, -0.2) is 9.18 Å². The molecule has 7 heteroatoms. The van der Waals surface area contributed by atoms with Crippen molar-refractivity contribution in [3.63, 3.8) is 0 Å². The maximum atomic E-state index is 13.8. The number of alkyl halides is 1. The molecule has 0 bridgehead atoms. The van der Waals surface area contributed by atoms with Crippen LogP contribution in [0.1, 0.15) is 18.6 Å². The van der Waals surface area contributed by atoms with Crippen LogP contribution >= 0.6 is 15.9 Å². The predicted molar refractivity (Wildman–Crippen MR) is 73.7 cm³/mol. The zero-order chi connectivity index (χ0) is 15.3. The Balaban J connectivity index is 3.09. The summed E-state index contributed by atoms with van der Waals surface area (Å²) in [7, 11) is 2.87. The van der Waals surface area contributed by atoms with E-state index in [4.69, 9.17) is 9.47 Å². The number of methoxy groups -OCH3 is 2. The molecule has 0 radical (unpaired) electrons. The van der Waals surface area contributed by atoms with E-state index in [0.29, 0.717) is 16.0 Å². The van der Waals surface area contributed by atoms with Crippen molar-refractivity contribution in [1.29, 1.82) is 0 Å². The average Bonchev–Trinajstić information content (AvgIpc) is 2.45. The molecule has 5 nitrogen and oxygen atoms in total. The summed E-state index contributed by atoms with van der Waals surface area (Å²) in [5.41, 5.74) is 0.170. The van der Waals surface area contributed by atoms with Crippen LogP contribution in [-0.4, -0.2) is 38.1 Å². The van der Waals surface area contributed by atoms with Gasteiger partial charge in [-0.05, 0) is 19.1 Å². The number of aliphatic hydroxyl groups excluding tert-OH is 1. The van der Waals surface area contributed by atoms with E-state index in [0.717, 1.165) is 0 Å². The second-order valence-electron chi connectivity index (χ2n) is 3.83. The lowest BCUT2D eigenvalue weighted by Gasteiger charge is -2.18. The summed E-state index contributed by atoms with van der Waals surface area (Å²) in [6.45, 7) is 1.60. The lowest BCUT2D eigenvalue weighted by Crippen LogP contribution is -2.26. The summed E-state index contributed by atoms with van der Waals surface area (Å²) in [4.78, 5) is 11.3. The number of carbonyl (C=O) groups is 1. The van der Waals surface area contributed by atoms with Gasteiger partial charge in [0.15, 0.2) is 11.5 Å². The molecule has 0 saturated heterocycles. The van der Waals surface area contributed by atoms with Crippen molar-refractivity contribution in [3.8, 4) is 11.5 Å². The SMILES string of the molecule is CCOC(=O)C(F)C(O)c1cc(OC)c(OC)cc1Br. The third kappa shape index (κ3) is 3.61. The molecular formula is C13H16BrFO5. The minimum absolute atomic E-state index is 0.0408. The fraction of sp³-hybridized carbons (Fsp3) is 0.462. The number of halogens is 2. The fourth-order valence-corrected chi connectivity index (χ4v) is 2.16. The van der Waals surface area contributed by atoms with Gasteiger partial charge in [-0.1, -0.05) is 15.9 Å². The Bertz CT molecular complexity index is 480. The molecule has 0 aliphatic rings. The molecule has 1 aromatic carbocycles. The smallest absolute Gasteiger partial charge is 0.343 e. The van der Waals surface area contributed by atoms with Gasteiger partial charge in [-0.2, -0.15) is 0 Å². The molecule has 112 valence electrons. The number of hydrogen-bond acceptors (Lipinski definition) is 5. The number of benzene rings is 1. The second-order valence-corrected chi connectivity index (χ2v) is 4.68. The molecule has 1 rings (SSSR count). The van der Waals surface area contributed by atoms with Crippen LogP contribution in [0, 0.1) is 0 Å². The number of aliphatic hydroxyl groups is 1. The molecule has 2 atom stereocenters. The molecule has 1 N–H and O–H groups in total. The van der Waals surface area contributed by atoms with Gasteiger partial charge in [-0.15, -0.1) is 0 Å². The fourth-order valence-electron chi connectivity index (χ4n) is 1.60. The summed E-state index contributed by atoms with van der Waals surface area (Å²) in [5.74, 6) is -0.371. The number of hydrogen-bond donors (Lipinski definition) is 1. The van der Waals surface area contributed by atoms with E-state index >= 15 is 0 Å². The van der Waals surface area contributed by atoms with Crippen LogP contribution in [-0.2, 0) is 9.53 Å². The normalized spacial score (nSPS) is 13.5. The van der Waals surface area contributed by atoms with Crippen LogP contribution < -0.4 is 9.47 Å². The van der Waals surface area contributed by atoms with E-state index in [2.05, 4.69) is 20.7 Å². The third-order valence-corrected chi connectivity index (χ3v) is 3.30. The summed E-state index contributed by atoms with van der Waals surface area (Å²) in [5, 5.41) is 9.95. The van der Waals surface area contributed by atoms with Crippen LogP contribution in [0.15, 0.2) is 16.6 Å². The van der Waals surface area contributed by atoms with Crippen molar-refractivity contribution < 1.29 is 28.5 Å². The van der Waals surface area contributed by atoms with E-state index in [-0.39, 0.29) is 12.2 Å². The van der Waals surface area contributed by atoms with Crippen LogP contribution in [0.4, 0.5) is 4.39 Å². The quantitative estimate of drug-likeness (QED) is 0.798.